The third kappa shape index (κ3) is 3.04. The summed E-state index contributed by atoms with van der Waals surface area (Å²) in [4.78, 5) is 24.0. The maximum Gasteiger partial charge on any atom is 0.371 e. The van der Waals surface area contributed by atoms with E-state index >= 15 is 0 Å². The number of benzene rings is 3. The van der Waals surface area contributed by atoms with E-state index in [9.17, 15) is 9.59 Å². The van der Waals surface area contributed by atoms with Crippen LogP contribution in [0.25, 0.3) is 21.7 Å². The van der Waals surface area contributed by atoms with E-state index in [0.717, 1.165) is 16.3 Å². The van der Waals surface area contributed by atoms with Gasteiger partial charge in [0.1, 0.15) is 0 Å². The number of para-hydroxylation sites is 1. The Morgan fingerprint density at radius 2 is 1.67 bits per heavy atom. The van der Waals surface area contributed by atoms with Crippen LogP contribution in [0.2, 0.25) is 0 Å². The largest absolute Gasteiger partial charge is 0.475 e. The van der Waals surface area contributed by atoms with Gasteiger partial charge < -0.3 is 14.8 Å². The first-order chi connectivity index (χ1) is 13.0. The Bertz CT molecular complexity index is 1170. The second-order valence-corrected chi connectivity index (χ2v) is 6.42. The number of furan rings is 1. The van der Waals surface area contributed by atoms with Gasteiger partial charge in [0.15, 0.2) is 5.58 Å². The molecule has 1 unspecified atom stereocenters. The number of carboxylic acid groups (broad SMARTS) is 1. The van der Waals surface area contributed by atoms with Crippen LogP contribution in [0.1, 0.15) is 29.0 Å². The van der Waals surface area contributed by atoms with Crippen LogP contribution in [-0.2, 0) is 4.79 Å². The van der Waals surface area contributed by atoms with Gasteiger partial charge in [0.25, 0.3) is 0 Å². The van der Waals surface area contributed by atoms with Crippen molar-refractivity contribution in [1.82, 2.24) is 0 Å². The van der Waals surface area contributed by atoms with Crippen molar-refractivity contribution >= 4 is 39.3 Å². The van der Waals surface area contributed by atoms with Crippen molar-refractivity contribution in [2.75, 3.05) is 5.32 Å². The Hall–Kier alpha value is -3.60. The zero-order valence-electron chi connectivity index (χ0n) is 14.6. The fourth-order valence-electron chi connectivity index (χ4n) is 3.28. The van der Waals surface area contributed by atoms with Crippen LogP contribution < -0.4 is 5.32 Å². The van der Waals surface area contributed by atoms with E-state index in [1.807, 2.05) is 49.4 Å². The molecular formula is C22H17NO4. The number of fused-ring (bicyclic) bond motifs is 2. The minimum atomic E-state index is -1.15. The monoisotopic (exact) mass is 359 g/mol. The summed E-state index contributed by atoms with van der Waals surface area (Å²) in [5.74, 6) is -1.88. The molecule has 1 aromatic heterocycles. The number of carbonyl (C=O) groups excluding carboxylic acids is 1. The maximum atomic E-state index is 12.9. The average Bonchev–Trinajstić information content (AvgIpc) is 3.13. The van der Waals surface area contributed by atoms with E-state index in [2.05, 4.69) is 5.32 Å². The molecule has 27 heavy (non-hydrogen) atoms. The molecule has 0 aliphatic heterocycles. The molecule has 1 amide bonds. The van der Waals surface area contributed by atoms with Gasteiger partial charge in [-0.25, -0.2) is 4.79 Å². The van der Waals surface area contributed by atoms with Crippen LogP contribution in [0, 0.1) is 0 Å². The number of amides is 1. The molecule has 2 N–H and O–H groups in total. The highest BCUT2D eigenvalue weighted by Crippen LogP contribution is 2.30. The Balaban J connectivity index is 1.67. The molecule has 134 valence electrons. The molecule has 0 spiro atoms. The predicted molar refractivity (Wildman–Crippen MR) is 104 cm³/mol. The van der Waals surface area contributed by atoms with Gasteiger partial charge in [-0.05, 0) is 35.4 Å². The average molecular weight is 359 g/mol. The van der Waals surface area contributed by atoms with Crippen LogP contribution in [0.3, 0.4) is 0 Å². The number of carboxylic acids is 1. The molecule has 1 atom stereocenters. The fraction of sp³-hybridized carbons (Fsp3) is 0.0909. The van der Waals surface area contributed by atoms with E-state index in [4.69, 9.17) is 9.52 Å². The van der Waals surface area contributed by atoms with Gasteiger partial charge in [0, 0.05) is 5.39 Å². The van der Waals surface area contributed by atoms with Gasteiger partial charge in [0.05, 0.1) is 11.6 Å². The van der Waals surface area contributed by atoms with Crippen LogP contribution >= 0.6 is 0 Å². The van der Waals surface area contributed by atoms with Crippen molar-refractivity contribution in [3.63, 3.8) is 0 Å². The zero-order valence-corrected chi connectivity index (χ0v) is 14.6. The highest BCUT2D eigenvalue weighted by molar-refractivity contribution is 6.05. The number of hydrogen-bond acceptors (Lipinski definition) is 3. The molecule has 4 rings (SSSR count). The summed E-state index contributed by atoms with van der Waals surface area (Å²) in [5, 5.41) is 14.7. The van der Waals surface area contributed by atoms with E-state index in [-0.39, 0.29) is 17.6 Å². The summed E-state index contributed by atoms with van der Waals surface area (Å²) in [5.41, 5.74) is 1.74. The first-order valence-corrected chi connectivity index (χ1v) is 8.59. The van der Waals surface area contributed by atoms with E-state index < -0.39 is 5.97 Å². The maximum absolute atomic E-state index is 12.9. The first-order valence-electron chi connectivity index (χ1n) is 8.59. The van der Waals surface area contributed by atoms with E-state index in [1.54, 1.807) is 18.2 Å². The highest BCUT2D eigenvalue weighted by atomic mass is 16.4. The summed E-state index contributed by atoms with van der Waals surface area (Å²) in [6.07, 6.45) is 0. The normalized spacial score (nSPS) is 12.2. The summed E-state index contributed by atoms with van der Waals surface area (Å²) < 4.78 is 5.40. The standard InChI is InChI=1S/C22H17NO4/c1-13(16-10-4-7-14-6-2-3-9-17(14)16)21(24)23-18-11-5-8-15-12-19(22(25)26)27-20(15)18/h2-13H,1H3,(H,23,24)(H,25,26). The quantitative estimate of drug-likeness (QED) is 0.536. The minimum absolute atomic E-state index is 0.159. The number of nitrogens with one attached hydrogen (secondary N) is 1. The van der Waals surface area contributed by atoms with Crippen molar-refractivity contribution in [2.24, 2.45) is 0 Å². The van der Waals surface area contributed by atoms with Gasteiger partial charge in [-0.2, -0.15) is 0 Å². The Morgan fingerprint density at radius 1 is 0.963 bits per heavy atom. The molecule has 0 bridgehead atoms. The Kier molecular flexibility index (Phi) is 4.12. The molecule has 3 aromatic carbocycles. The lowest BCUT2D eigenvalue weighted by molar-refractivity contribution is -0.117. The lowest BCUT2D eigenvalue weighted by atomic mass is 9.94. The summed E-state index contributed by atoms with van der Waals surface area (Å²) >= 11 is 0. The highest BCUT2D eigenvalue weighted by Gasteiger charge is 2.20. The number of hydrogen-bond donors (Lipinski definition) is 2. The van der Waals surface area contributed by atoms with Gasteiger partial charge in [-0.3, -0.25) is 4.79 Å². The molecule has 4 aromatic rings. The second kappa shape index (κ2) is 6.61. The fourth-order valence-corrected chi connectivity index (χ4v) is 3.28. The van der Waals surface area contributed by atoms with Crippen molar-refractivity contribution < 1.29 is 19.1 Å². The van der Waals surface area contributed by atoms with E-state index in [1.165, 1.54) is 6.07 Å². The van der Waals surface area contributed by atoms with Crippen molar-refractivity contribution in [1.29, 1.82) is 0 Å². The van der Waals surface area contributed by atoms with Crippen LogP contribution in [0.5, 0.6) is 0 Å². The number of rotatable bonds is 4. The molecule has 0 radical (unpaired) electrons. The van der Waals surface area contributed by atoms with Crippen molar-refractivity contribution in [3.8, 4) is 0 Å². The lowest BCUT2D eigenvalue weighted by Crippen LogP contribution is -2.19. The molecule has 0 aliphatic carbocycles. The number of carbonyl (C=O) groups is 2. The minimum Gasteiger partial charge on any atom is -0.475 e. The number of aromatic carboxylic acids is 1. The SMILES string of the molecule is CC(C(=O)Nc1cccc2cc(C(=O)O)oc12)c1cccc2ccccc12. The molecule has 0 aliphatic rings. The Morgan fingerprint density at radius 3 is 2.48 bits per heavy atom. The lowest BCUT2D eigenvalue weighted by Gasteiger charge is -2.15. The van der Waals surface area contributed by atoms with Crippen molar-refractivity contribution in [2.45, 2.75) is 12.8 Å². The molecule has 5 heteroatoms. The molecular weight excluding hydrogens is 342 g/mol. The molecule has 0 fully saturated rings. The van der Waals surface area contributed by atoms with Crippen LogP contribution in [0.4, 0.5) is 5.69 Å². The van der Waals surface area contributed by atoms with Crippen LogP contribution in [-0.4, -0.2) is 17.0 Å². The third-order valence-corrected chi connectivity index (χ3v) is 4.70. The van der Waals surface area contributed by atoms with Gasteiger partial charge >= 0.3 is 5.97 Å². The second-order valence-electron chi connectivity index (χ2n) is 6.42. The topological polar surface area (TPSA) is 79.5 Å². The van der Waals surface area contributed by atoms with Gasteiger partial charge in [-0.15, -0.1) is 0 Å². The molecule has 0 saturated heterocycles. The zero-order chi connectivity index (χ0) is 19.0. The first kappa shape index (κ1) is 16.8. The molecule has 1 heterocycles. The predicted octanol–water partition coefficient (Wildman–Crippen LogP) is 5.03. The third-order valence-electron chi connectivity index (χ3n) is 4.70. The number of anilines is 1. The van der Waals surface area contributed by atoms with Crippen LogP contribution in [0.15, 0.2) is 71.1 Å². The summed E-state index contributed by atoms with van der Waals surface area (Å²) in [6, 6.07) is 20.5. The van der Waals surface area contributed by atoms with Gasteiger partial charge in [0.2, 0.25) is 11.7 Å². The molecule has 0 saturated carbocycles. The van der Waals surface area contributed by atoms with Crippen molar-refractivity contribution in [3.05, 3.63) is 78.1 Å². The Labute approximate surface area is 155 Å². The van der Waals surface area contributed by atoms with E-state index in [0.29, 0.717) is 16.7 Å². The molecule has 5 nitrogen and oxygen atoms in total. The smallest absolute Gasteiger partial charge is 0.371 e. The van der Waals surface area contributed by atoms with Gasteiger partial charge in [-0.1, -0.05) is 54.6 Å². The summed E-state index contributed by atoms with van der Waals surface area (Å²) in [6.45, 7) is 1.85. The summed E-state index contributed by atoms with van der Waals surface area (Å²) in [7, 11) is 0.